The molecule has 7 aromatic rings. The average Bonchev–Trinajstić information content (AvgIpc) is 4.21. The number of benzene rings is 4. The van der Waals surface area contributed by atoms with Gasteiger partial charge in [-0.15, -0.1) is 0 Å². The number of carbonyl (C=O) groups is 2. The van der Waals surface area contributed by atoms with Crippen LogP contribution in [0, 0.1) is 46.3 Å². The normalized spacial score (nSPS) is 11.0. The fraction of sp³-hybridized carbons (Fsp3) is 0.0714. The highest BCUT2D eigenvalue weighted by Crippen LogP contribution is 2.34. The Balaban J connectivity index is 1.36. The molecule has 3 aromatic heterocycles. The molecule has 10 nitrogen and oxygen atoms in total. The van der Waals surface area contributed by atoms with E-state index in [1.807, 2.05) is 97.1 Å². The lowest BCUT2D eigenvalue weighted by Gasteiger charge is -2.07. The Morgan fingerprint density at radius 3 is 1.17 bits per heavy atom. The fourth-order valence-corrected chi connectivity index (χ4v) is 7.58. The second-order valence-corrected chi connectivity index (χ2v) is 15.0. The molecule has 0 fully saturated rings. The summed E-state index contributed by atoms with van der Waals surface area (Å²) < 4.78 is 10.5. The van der Waals surface area contributed by atoms with Crippen molar-refractivity contribution in [2.45, 2.75) is 13.8 Å². The Kier molecular flexibility index (Phi) is 11.7. The summed E-state index contributed by atoms with van der Waals surface area (Å²) in [5.41, 5.74) is 13.1. The van der Waals surface area contributed by atoms with E-state index >= 15 is 0 Å². The predicted octanol–water partition coefficient (Wildman–Crippen LogP) is 10.9. The van der Waals surface area contributed by atoms with Gasteiger partial charge in [0.05, 0.1) is 92.5 Å². The number of hydrogen-bond donors (Lipinski definition) is 2. The molecule has 0 atom stereocenters. The van der Waals surface area contributed by atoms with E-state index in [1.165, 1.54) is 0 Å². The lowest BCUT2D eigenvalue weighted by atomic mass is 10.0. The first-order chi connectivity index (χ1) is 32.3. The summed E-state index contributed by atoms with van der Waals surface area (Å²) in [4.78, 5) is 43.1. The molecule has 66 heavy (non-hydrogen) atoms. The highest BCUT2D eigenvalue weighted by molar-refractivity contribution is 5.97. The van der Waals surface area contributed by atoms with E-state index in [4.69, 9.17) is 19.4 Å². The summed E-state index contributed by atoms with van der Waals surface area (Å²) in [6.45, 7) is 4.06. The van der Waals surface area contributed by atoms with Gasteiger partial charge in [-0.1, -0.05) is 47.9 Å². The summed E-state index contributed by atoms with van der Waals surface area (Å²) in [7, 11) is 0. The first kappa shape index (κ1) is 41.9. The van der Waals surface area contributed by atoms with E-state index in [0.717, 1.165) is 44.4 Å². The third-order valence-electron chi connectivity index (χ3n) is 10.8. The number of ether oxygens (including phenoxy) is 2. The molecule has 2 aliphatic heterocycles. The highest BCUT2D eigenvalue weighted by atomic mass is 16.5. The number of aromatic amines is 2. The third kappa shape index (κ3) is 8.63. The van der Waals surface area contributed by atoms with Crippen molar-refractivity contribution in [1.82, 2.24) is 19.9 Å². The number of hydrogen-bond acceptors (Lipinski definition) is 8. The molecule has 2 aliphatic rings. The van der Waals surface area contributed by atoms with Gasteiger partial charge in [-0.3, -0.25) is 0 Å². The number of H-pyrrole nitrogens is 2. The molecular weight excluding hydrogens is 821 g/mol. The quantitative estimate of drug-likeness (QED) is 0.124. The van der Waals surface area contributed by atoms with Gasteiger partial charge in [0.25, 0.3) is 0 Å². The van der Waals surface area contributed by atoms with Gasteiger partial charge >= 0.3 is 11.9 Å². The Labute approximate surface area is 380 Å². The number of nitriles is 2. The number of rotatable bonds is 6. The Morgan fingerprint density at radius 2 is 0.803 bits per heavy atom. The van der Waals surface area contributed by atoms with Gasteiger partial charge in [0.1, 0.15) is 0 Å². The van der Waals surface area contributed by atoms with E-state index in [0.29, 0.717) is 67.2 Å². The van der Waals surface area contributed by atoms with Gasteiger partial charge in [0.15, 0.2) is 0 Å². The van der Waals surface area contributed by atoms with Crippen molar-refractivity contribution in [3.8, 4) is 58.1 Å². The maximum absolute atomic E-state index is 12.7. The molecule has 2 N–H and O–H groups in total. The van der Waals surface area contributed by atoms with Crippen LogP contribution in [-0.2, 0) is 9.47 Å². The van der Waals surface area contributed by atoms with E-state index in [2.05, 4.69) is 45.8 Å². The molecular formula is C56H36N6O4. The molecule has 0 amide bonds. The number of nitrogens with zero attached hydrogens (tertiary/aromatic N) is 4. The molecule has 8 bridgehead atoms. The van der Waals surface area contributed by atoms with Crippen molar-refractivity contribution in [3.05, 3.63) is 189 Å². The molecule has 314 valence electrons. The van der Waals surface area contributed by atoms with Crippen LogP contribution in [0.1, 0.15) is 90.7 Å². The van der Waals surface area contributed by atoms with Crippen LogP contribution >= 0.6 is 0 Å². The van der Waals surface area contributed by atoms with E-state index in [9.17, 15) is 20.1 Å². The fourth-order valence-electron chi connectivity index (χ4n) is 7.58. The van der Waals surface area contributed by atoms with Crippen LogP contribution in [0.4, 0.5) is 0 Å². The zero-order valence-electron chi connectivity index (χ0n) is 35.7. The minimum Gasteiger partial charge on any atom is -0.462 e. The molecule has 10 heteroatoms. The van der Waals surface area contributed by atoms with Gasteiger partial charge in [-0.05, 0) is 146 Å². The van der Waals surface area contributed by atoms with Gasteiger partial charge in [-0.2, -0.15) is 10.5 Å². The topological polar surface area (TPSA) is 158 Å². The zero-order valence-corrected chi connectivity index (χ0v) is 35.7. The Morgan fingerprint density at radius 1 is 0.455 bits per heavy atom. The molecule has 0 unspecified atom stereocenters. The molecule has 0 radical (unpaired) electrons. The largest absolute Gasteiger partial charge is 0.462 e. The van der Waals surface area contributed by atoms with Crippen LogP contribution in [0.15, 0.2) is 121 Å². The minimum atomic E-state index is -0.413. The summed E-state index contributed by atoms with van der Waals surface area (Å²) in [5, 5.41) is 18.8. The summed E-state index contributed by atoms with van der Waals surface area (Å²) >= 11 is 0. The first-order valence-corrected chi connectivity index (χ1v) is 21.1. The van der Waals surface area contributed by atoms with Crippen LogP contribution in [-0.4, -0.2) is 45.1 Å². The van der Waals surface area contributed by atoms with Crippen LogP contribution in [0.2, 0.25) is 0 Å². The van der Waals surface area contributed by atoms with E-state index in [1.54, 1.807) is 62.4 Å². The Hall–Kier alpha value is -9.48. The molecule has 0 spiro atoms. The second kappa shape index (κ2) is 18.5. The van der Waals surface area contributed by atoms with Gasteiger partial charge in [0.2, 0.25) is 0 Å². The zero-order chi connectivity index (χ0) is 45.6. The van der Waals surface area contributed by atoms with Crippen molar-refractivity contribution >= 4 is 58.3 Å². The summed E-state index contributed by atoms with van der Waals surface area (Å²) in [6, 6.07) is 40.8. The maximum atomic E-state index is 12.7. The molecule has 9 rings (SSSR count). The van der Waals surface area contributed by atoms with Crippen molar-refractivity contribution in [1.29, 1.82) is 10.5 Å². The number of fused-ring (bicyclic) bond motifs is 8. The molecule has 0 aliphatic carbocycles. The van der Waals surface area contributed by atoms with Crippen molar-refractivity contribution < 1.29 is 19.1 Å². The van der Waals surface area contributed by atoms with Gasteiger partial charge in [-0.25, -0.2) is 19.6 Å². The summed E-state index contributed by atoms with van der Waals surface area (Å²) in [5.74, 6) is 12.5. The summed E-state index contributed by atoms with van der Waals surface area (Å²) in [6.07, 6.45) is 7.74. The van der Waals surface area contributed by atoms with Crippen LogP contribution < -0.4 is 0 Å². The Bertz CT molecular complexity index is 3300. The van der Waals surface area contributed by atoms with E-state index in [-0.39, 0.29) is 13.2 Å². The van der Waals surface area contributed by atoms with Crippen molar-refractivity contribution in [3.63, 3.8) is 0 Å². The molecule has 5 heterocycles. The minimum absolute atomic E-state index is 0.259. The molecule has 0 saturated carbocycles. The first-order valence-electron chi connectivity index (χ1n) is 21.1. The van der Waals surface area contributed by atoms with Crippen LogP contribution in [0.3, 0.4) is 0 Å². The lowest BCUT2D eigenvalue weighted by molar-refractivity contribution is 0.0517. The number of nitrogens with one attached hydrogen (secondary N) is 2. The highest BCUT2D eigenvalue weighted by Gasteiger charge is 2.18. The van der Waals surface area contributed by atoms with E-state index < -0.39 is 11.9 Å². The van der Waals surface area contributed by atoms with Gasteiger partial charge in [0, 0.05) is 33.3 Å². The molecule has 4 aromatic carbocycles. The standard InChI is InChI=1S/C56H36N6O4/c1-3-65-55(63)41-19-15-39(16-20-41)53-49-29-25-45(59-49)43(23-13-35-5-9-37(33-57)10-6-35)47-27-31-51(61-47)54(40-17-21-42(22-18-40)56(64)66-4-2)52-32-28-48(62-52)44(46-26-30-50(53)60-46)24-14-36-7-11-38(34-58)12-8-36/h5-12,15-22,25-32,59,62H,3-4H2,1-2H3. The second-order valence-electron chi connectivity index (χ2n) is 15.0. The van der Waals surface area contributed by atoms with Gasteiger partial charge < -0.3 is 19.4 Å². The molecule has 0 saturated heterocycles. The monoisotopic (exact) mass is 856 g/mol. The number of aromatic nitrogens is 4. The van der Waals surface area contributed by atoms with Crippen LogP contribution in [0.5, 0.6) is 0 Å². The smallest absolute Gasteiger partial charge is 0.338 e. The maximum Gasteiger partial charge on any atom is 0.338 e. The van der Waals surface area contributed by atoms with Crippen molar-refractivity contribution in [2.24, 2.45) is 0 Å². The lowest BCUT2D eigenvalue weighted by Crippen LogP contribution is -2.04. The third-order valence-corrected chi connectivity index (χ3v) is 10.8. The number of esters is 2. The predicted molar refractivity (Wildman–Crippen MR) is 256 cm³/mol. The van der Waals surface area contributed by atoms with Crippen molar-refractivity contribution in [2.75, 3.05) is 13.2 Å². The average molecular weight is 857 g/mol. The SMILES string of the molecule is CCOC(=O)c1ccc(-c2c3nc(c(C#Cc4ccc(C#N)cc4)c4ccc([nH]4)c(-c4ccc(C(=O)OCC)cc4)c4nc(c(C#Cc5ccc(C#N)cc5)c5ccc2[nH]5)C=C4)C=C3)cc1. The number of carbonyl (C=O) groups excluding carboxylic acids is 2. The van der Waals surface area contributed by atoms with Crippen LogP contribution in [0.25, 0.3) is 68.6 Å².